The maximum atomic E-state index is 11.5. The number of piperazine rings is 1. The summed E-state index contributed by atoms with van der Waals surface area (Å²) < 4.78 is 30.9. The van der Waals surface area contributed by atoms with E-state index < -0.39 is 15.9 Å². The Balaban J connectivity index is 1.27. The molecule has 12 nitrogen and oxygen atoms in total. The number of amides is 1. The lowest BCUT2D eigenvalue weighted by Crippen LogP contribution is -2.47. The fourth-order valence-electron chi connectivity index (χ4n) is 5.01. The van der Waals surface area contributed by atoms with Crippen molar-refractivity contribution in [2.75, 3.05) is 62.7 Å². The number of aromatic nitrogens is 4. The minimum atomic E-state index is -2.95. The maximum absolute atomic E-state index is 11.5. The van der Waals surface area contributed by atoms with Gasteiger partial charge in [-0.3, -0.25) is 4.90 Å². The number of nitrogens with zero attached hydrogens (tertiary/aromatic N) is 7. The molecule has 2 aliphatic rings. The molecular formula is C25H33N7O5S. The monoisotopic (exact) mass is 543 g/mol. The van der Waals surface area contributed by atoms with Crippen LogP contribution in [0.3, 0.4) is 0 Å². The second kappa shape index (κ2) is 10.7. The average molecular weight is 544 g/mol. The molecule has 5 rings (SSSR count). The Hall–Kier alpha value is -3.45. The first kappa shape index (κ1) is 26.2. The number of aryl methyl sites for hydroxylation is 1. The molecule has 1 aromatic carbocycles. The summed E-state index contributed by atoms with van der Waals surface area (Å²) in [4.78, 5) is 25.9. The molecule has 2 fully saturated rings. The Labute approximate surface area is 221 Å². The van der Waals surface area contributed by atoms with E-state index in [1.165, 1.54) is 17.5 Å². The van der Waals surface area contributed by atoms with Crippen molar-refractivity contribution >= 4 is 32.7 Å². The van der Waals surface area contributed by atoms with Crippen molar-refractivity contribution in [2.45, 2.75) is 25.9 Å². The van der Waals surface area contributed by atoms with Crippen LogP contribution in [0.5, 0.6) is 5.88 Å². The van der Waals surface area contributed by atoms with E-state index in [4.69, 9.17) is 9.84 Å². The first-order valence-corrected chi connectivity index (χ1v) is 14.8. The zero-order chi connectivity index (χ0) is 26.9. The first-order valence-electron chi connectivity index (χ1n) is 12.8. The summed E-state index contributed by atoms with van der Waals surface area (Å²) in [6.07, 6.45) is 4.66. The Morgan fingerprint density at radius 3 is 2.50 bits per heavy atom. The van der Waals surface area contributed by atoms with Crippen LogP contribution in [-0.2, 0) is 9.84 Å². The highest BCUT2D eigenvalue weighted by Crippen LogP contribution is 2.29. The highest BCUT2D eigenvalue weighted by molar-refractivity contribution is 7.90. The number of ether oxygens (including phenoxy) is 1. The summed E-state index contributed by atoms with van der Waals surface area (Å²) in [5, 5.41) is 14.5. The van der Waals surface area contributed by atoms with Crippen LogP contribution < -0.4 is 9.64 Å². The van der Waals surface area contributed by atoms with Crippen LogP contribution in [-0.4, -0.2) is 113 Å². The normalized spacial score (nSPS) is 17.7. The van der Waals surface area contributed by atoms with Crippen LogP contribution in [0, 0.1) is 6.92 Å². The molecule has 0 spiro atoms. The van der Waals surface area contributed by atoms with Crippen LogP contribution in [0.1, 0.15) is 18.4 Å². The third kappa shape index (κ3) is 5.83. The third-order valence-corrected chi connectivity index (χ3v) is 8.17. The molecule has 1 amide bonds. The number of fused-ring (bicyclic) bond motifs is 1. The maximum Gasteiger partial charge on any atom is 0.407 e. The lowest BCUT2D eigenvalue weighted by atomic mass is 10.1. The molecule has 0 bridgehead atoms. The molecule has 2 aliphatic heterocycles. The van der Waals surface area contributed by atoms with Gasteiger partial charge in [0.25, 0.3) is 0 Å². The number of hydrogen-bond acceptors (Lipinski definition) is 9. The van der Waals surface area contributed by atoms with Crippen molar-refractivity contribution < 1.29 is 23.1 Å². The quantitative estimate of drug-likeness (QED) is 0.470. The summed E-state index contributed by atoms with van der Waals surface area (Å²) in [6, 6.07) is 6.26. The summed E-state index contributed by atoms with van der Waals surface area (Å²) >= 11 is 0. The minimum Gasteiger partial charge on any atom is -0.474 e. The number of carbonyl (C=O) groups is 1. The molecule has 0 atom stereocenters. The third-order valence-electron chi connectivity index (χ3n) is 7.24. The van der Waals surface area contributed by atoms with Crippen LogP contribution >= 0.6 is 0 Å². The van der Waals surface area contributed by atoms with E-state index in [-0.39, 0.29) is 11.9 Å². The molecule has 0 saturated carbocycles. The van der Waals surface area contributed by atoms with Crippen molar-refractivity contribution in [1.82, 2.24) is 29.5 Å². The number of carboxylic acid groups (broad SMARTS) is 1. The van der Waals surface area contributed by atoms with Crippen LogP contribution in [0.15, 0.2) is 30.7 Å². The van der Waals surface area contributed by atoms with Gasteiger partial charge in [0, 0.05) is 70.6 Å². The van der Waals surface area contributed by atoms with Crippen molar-refractivity contribution in [2.24, 2.45) is 0 Å². The molecule has 38 heavy (non-hydrogen) atoms. The summed E-state index contributed by atoms with van der Waals surface area (Å²) in [5.41, 5.74) is 3.73. The largest absolute Gasteiger partial charge is 0.474 e. The van der Waals surface area contributed by atoms with Gasteiger partial charge in [0.15, 0.2) is 5.65 Å². The van der Waals surface area contributed by atoms with Gasteiger partial charge in [-0.15, -0.1) is 0 Å². The van der Waals surface area contributed by atoms with Gasteiger partial charge in [-0.2, -0.15) is 5.10 Å². The first-order chi connectivity index (χ1) is 18.2. The fourth-order valence-corrected chi connectivity index (χ4v) is 5.60. The standard InChI is InChI=1S/C25H33N7O5S/c1-18-15-19(30-11-9-29(10-12-30)13-14-38(2,35)36)3-4-22(18)32-23-21(16-28-32)24(27-17-26-23)37-20-5-7-31(8-6-20)25(33)34/h3-4,15-17,20H,5-14H2,1-2H3,(H,33,34). The number of benzene rings is 1. The predicted molar refractivity (Wildman–Crippen MR) is 143 cm³/mol. The summed E-state index contributed by atoms with van der Waals surface area (Å²) in [5.74, 6) is 0.650. The van der Waals surface area contributed by atoms with Crippen LogP contribution in [0.2, 0.25) is 0 Å². The van der Waals surface area contributed by atoms with Gasteiger partial charge in [-0.1, -0.05) is 0 Å². The van der Waals surface area contributed by atoms with Crippen LogP contribution in [0.25, 0.3) is 16.7 Å². The van der Waals surface area contributed by atoms with Crippen LogP contribution in [0.4, 0.5) is 10.5 Å². The molecule has 0 radical (unpaired) electrons. The van der Waals surface area contributed by atoms with E-state index in [0.29, 0.717) is 49.4 Å². The highest BCUT2D eigenvalue weighted by atomic mass is 32.2. The zero-order valence-corrected chi connectivity index (χ0v) is 22.5. The van der Waals surface area contributed by atoms with Gasteiger partial charge in [-0.05, 0) is 30.7 Å². The minimum absolute atomic E-state index is 0.111. The van der Waals surface area contributed by atoms with Crippen molar-refractivity contribution in [3.05, 3.63) is 36.3 Å². The summed E-state index contributed by atoms with van der Waals surface area (Å²) in [6.45, 7) is 6.84. The van der Waals surface area contributed by atoms with E-state index in [1.54, 1.807) is 10.9 Å². The van der Waals surface area contributed by atoms with Crippen molar-refractivity contribution in [3.8, 4) is 11.6 Å². The van der Waals surface area contributed by atoms with E-state index in [9.17, 15) is 13.2 Å². The van der Waals surface area contributed by atoms with Gasteiger partial charge in [0.2, 0.25) is 5.88 Å². The number of sulfone groups is 1. The molecule has 1 N–H and O–H groups in total. The number of piperidine rings is 1. The van der Waals surface area contributed by atoms with Gasteiger partial charge in [0.1, 0.15) is 27.7 Å². The number of anilines is 1. The molecule has 204 valence electrons. The highest BCUT2D eigenvalue weighted by Gasteiger charge is 2.25. The number of rotatable bonds is 7. The van der Waals surface area contributed by atoms with Gasteiger partial charge >= 0.3 is 6.09 Å². The molecule has 2 aromatic heterocycles. The topological polar surface area (TPSA) is 134 Å². The lowest BCUT2D eigenvalue weighted by Gasteiger charge is -2.36. The van der Waals surface area contributed by atoms with E-state index in [1.807, 2.05) is 13.0 Å². The second-order valence-electron chi connectivity index (χ2n) is 9.99. The SMILES string of the molecule is Cc1cc(N2CCN(CCS(C)(=O)=O)CC2)ccc1-n1ncc2c(OC3CCN(C(=O)O)CC3)ncnc21. The Kier molecular flexibility index (Phi) is 7.39. The van der Waals surface area contributed by atoms with E-state index in [0.717, 1.165) is 43.1 Å². The second-order valence-corrected chi connectivity index (χ2v) is 12.2. The molecule has 4 heterocycles. The Morgan fingerprint density at radius 1 is 1.11 bits per heavy atom. The lowest BCUT2D eigenvalue weighted by molar-refractivity contribution is 0.0879. The Bertz CT molecular complexity index is 1410. The molecule has 3 aromatic rings. The summed E-state index contributed by atoms with van der Waals surface area (Å²) in [7, 11) is -2.95. The van der Waals surface area contributed by atoms with Gasteiger partial charge in [-0.25, -0.2) is 27.9 Å². The zero-order valence-electron chi connectivity index (χ0n) is 21.7. The van der Waals surface area contributed by atoms with Crippen molar-refractivity contribution in [3.63, 3.8) is 0 Å². The molecule has 0 unspecified atom stereocenters. The molecule has 2 saturated heterocycles. The van der Waals surface area contributed by atoms with E-state index >= 15 is 0 Å². The fraction of sp³-hybridized carbons (Fsp3) is 0.520. The molecule has 13 heteroatoms. The molecular weight excluding hydrogens is 510 g/mol. The van der Waals surface area contributed by atoms with Gasteiger partial charge < -0.3 is 19.6 Å². The predicted octanol–water partition coefficient (Wildman–Crippen LogP) is 1.81. The Morgan fingerprint density at radius 2 is 1.84 bits per heavy atom. The number of likely N-dealkylation sites (tertiary alicyclic amines) is 1. The van der Waals surface area contributed by atoms with Crippen molar-refractivity contribution in [1.29, 1.82) is 0 Å². The van der Waals surface area contributed by atoms with E-state index in [2.05, 4.69) is 37.0 Å². The molecule has 0 aliphatic carbocycles. The van der Waals surface area contributed by atoms with Gasteiger partial charge in [0.05, 0.1) is 17.6 Å². The number of hydrogen-bond donors (Lipinski definition) is 1. The smallest absolute Gasteiger partial charge is 0.407 e. The average Bonchev–Trinajstić information content (AvgIpc) is 3.32.